The molecule has 2 heterocycles. The third kappa shape index (κ3) is 3.35. The molecule has 4 aromatic rings. The summed E-state index contributed by atoms with van der Waals surface area (Å²) in [6, 6.07) is 24.3. The summed E-state index contributed by atoms with van der Waals surface area (Å²) in [5.74, 6) is -0.0209. The number of rotatable bonds is 5. The van der Waals surface area contributed by atoms with Gasteiger partial charge in [-0.25, -0.2) is 0 Å². The molecule has 0 fully saturated rings. The number of fused-ring (bicyclic) bond motifs is 1. The van der Waals surface area contributed by atoms with Crippen molar-refractivity contribution in [2.24, 2.45) is 0 Å². The smallest absolute Gasteiger partial charge is 0.240 e. The van der Waals surface area contributed by atoms with Gasteiger partial charge >= 0.3 is 0 Å². The van der Waals surface area contributed by atoms with Crippen molar-refractivity contribution >= 4 is 16.8 Å². The van der Waals surface area contributed by atoms with Crippen LogP contribution < -0.4 is 5.32 Å². The van der Waals surface area contributed by atoms with E-state index in [1.165, 1.54) is 0 Å². The number of nitrogens with one attached hydrogen (secondary N) is 1. The highest BCUT2D eigenvalue weighted by Gasteiger charge is 2.13. The highest BCUT2D eigenvalue weighted by atomic mass is 16.1. The van der Waals surface area contributed by atoms with E-state index < -0.39 is 0 Å². The van der Waals surface area contributed by atoms with Crippen LogP contribution in [0.3, 0.4) is 0 Å². The SMILES string of the molecule is O=C(Cn1c(-c2ccccc2)cc2ccccc21)NCc1cccnc1. The highest BCUT2D eigenvalue weighted by Crippen LogP contribution is 2.28. The third-order valence-corrected chi connectivity index (χ3v) is 4.39. The predicted octanol–water partition coefficient (Wildman–Crippen LogP) is 4.02. The zero-order chi connectivity index (χ0) is 17.8. The fraction of sp³-hybridized carbons (Fsp3) is 0.0909. The Morgan fingerprint density at radius 3 is 2.58 bits per heavy atom. The van der Waals surface area contributed by atoms with E-state index in [0.29, 0.717) is 6.54 Å². The molecule has 0 atom stereocenters. The molecule has 26 heavy (non-hydrogen) atoms. The van der Waals surface area contributed by atoms with Gasteiger partial charge in [0.05, 0.1) is 0 Å². The Balaban J connectivity index is 1.61. The number of carbonyl (C=O) groups excluding carboxylic acids is 1. The lowest BCUT2D eigenvalue weighted by Crippen LogP contribution is -2.27. The summed E-state index contributed by atoms with van der Waals surface area (Å²) in [6.07, 6.45) is 3.49. The average Bonchev–Trinajstić information content (AvgIpc) is 3.06. The maximum absolute atomic E-state index is 12.6. The van der Waals surface area contributed by atoms with Crippen molar-refractivity contribution in [1.29, 1.82) is 0 Å². The summed E-state index contributed by atoms with van der Waals surface area (Å²) in [7, 11) is 0. The van der Waals surface area contributed by atoms with Crippen LogP contribution >= 0.6 is 0 Å². The number of hydrogen-bond acceptors (Lipinski definition) is 2. The Bertz CT molecular complexity index is 1020. The van der Waals surface area contributed by atoms with Gasteiger partial charge < -0.3 is 9.88 Å². The molecule has 0 spiro atoms. The van der Waals surface area contributed by atoms with E-state index >= 15 is 0 Å². The summed E-state index contributed by atoms with van der Waals surface area (Å²) < 4.78 is 2.07. The van der Waals surface area contributed by atoms with Crippen LogP contribution in [0.25, 0.3) is 22.2 Å². The summed E-state index contributed by atoms with van der Waals surface area (Å²) in [5, 5.41) is 4.11. The van der Waals surface area contributed by atoms with Crippen molar-refractivity contribution in [2.75, 3.05) is 0 Å². The second-order valence-corrected chi connectivity index (χ2v) is 6.18. The second-order valence-electron chi connectivity index (χ2n) is 6.18. The minimum Gasteiger partial charge on any atom is -0.350 e. The van der Waals surface area contributed by atoms with Crippen LogP contribution in [-0.4, -0.2) is 15.5 Å². The molecule has 2 aromatic heterocycles. The number of carbonyl (C=O) groups is 1. The van der Waals surface area contributed by atoms with E-state index in [2.05, 4.69) is 45.2 Å². The first kappa shape index (κ1) is 16.1. The van der Waals surface area contributed by atoms with E-state index in [0.717, 1.165) is 27.7 Å². The molecule has 2 aromatic carbocycles. The average molecular weight is 341 g/mol. The molecule has 0 aliphatic heterocycles. The van der Waals surface area contributed by atoms with Crippen LogP contribution in [0.2, 0.25) is 0 Å². The van der Waals surface area contributed by atoms with Crippen molar-refractivity contribution in [3.63, 3.8) is 0 Å². The van der Waals surface area contributed by atoms with Gasteiger partial charge in [-0.1, -0.05) is 54.6 Å². The molecule has 1 N–H and O–H groups in total. The fourth-order valence-corrected chi connectivity index (χ4v) is 3.13. The maximum atomic E-state index is 12.6. The Morgan fingerprint density at radius 1 is 0.962 bits per heavy atom. The second kappa shape index (κ2) is 7.23. The first-order chi connectivity index (χ1) is 12.8. The third-order valence-electron chi connectivity index (χ3n) is 4.39. The Labute approximate surface area is 152 Å². The zero-order valence-electron chi connectivity index (χ0n) is 14.3. The van der Waals surface area contributed by atoms with Gasteiger partial charge in [0.25, 0.3) is 0 Å². The highest BCUT2D eigenvalue weighted by molar-refractivity contribution is 5.89. The lowest BCUT2D eigenvalue weighted by Gasteiger charge is -2.11. The van der Waals surface area contributed by atoms with Crippen molar-refractivity contribution in [2.45, 2.75) is 13.1 Å². The number of hydrogen-bond donors (Lipinski definition) is 1. The minimum absolute atomic E-state index is 0.0209. The summed E-state index contributed by atoms with van der Waals surface area (Å²) in [5.41, 5.74) is 4.19. The van der Waals surface area contributed by atoms with Crippen LogP contribution in [0.1, 0.15) is 5.56 Å². The summed E-state index contributed by atoms with van der Waals surface area (Å²) in [6.45, 7) is 0.755. The van der Waals surface area contributed by atoms with Crippen molar-refractivity contribution < 1.29 is 4.79 Å². The molecule has 128 valence electrons. The lowest BCUT2D eigenvalue weighted by molar-refractivity contribution is -0.121. The largest absolute Gasteiger partial charge is 0.350 e. The predicted molar refractivity (Wildman–Crippen MR) is 103 cm³/mol. The van der Waals surface area contributed by atoms with Gasteiger partial charge in [-0.3, -0.25) is 9.78 Å². The topological polar surface area (TPSA) is 46.9 Å². The molecule has 0 unspecified atom stereocenters. The summed E-state index contributed by atoms with van der Waals surface area (Å²) >= 11 is 0. The number of para-hydroxylation sites is 1. The maximum Gasteiger partial charge on any atom is 0.240 e. The van der Waals surface area contributed by atoms with E-state index in [4.69, 9.17) is 0 Å². The molecule has 0 saturated carbocycles. The molecule has 4 heteroatoms. The first-order valence-electron chi connectivity index (χ1n) is 8.60. The van der Waals surface area contributed by atoms with Gasteiger partial charge in [0.1, 0.15) is 6.54 Å². The molecule has 0 aliphatic carbocycles. The number of nitrogens with zero attached hydrogens (tertiary/aromatic N) is 2. The van der Waals surface area contributed by atoms with Crippen LogP contribution in [-0.2, 0) is 17.9 Å². The zero-order valence-corrected chi connectivity index (χ0v) is 14.3. The van der Waals surface area contributed by atoms with Crippen molar-refractivity contribution in [3.8, 4) is 11.3 Å². The normalized spacial score (nSPS) is 10.8. The van der Waals surface area contributed by atoms with Gasteiger partial charge in [0, 0.05) is 35.5 Å². The van der Waals surface area contributed by atoms with Gasteiger partial charge in [0.2, 0.25) is 5.91 Å². The van der Waals surface area contributed by atoms with E-state index in [9.17, 15) is 4.79 Å². The number of benzene rings is 2. The molecular formula is C22H19N3O. The van der Waals surface area contributed by atoms with E-state index in [1.807, 2.05) is 42.5 Å². The Kier molecular flexibility index (Phi) is 4.48. The van der Waals surface area contributed by atoms with Gasteiger partial charge in [-0.05, 0) is 29.3 Å². The molecule has 0 radical (unpaired) electrons. The minimum atomic E-state index is -0.0209. The van der Waals surface area contributed by atoms with Gasteiger partial charge in [0.15, 0.2) is 0 Å². The van der Waals surface area contributed by atoms with Crippen LogP contribution in [0.5, 0.6) is 0 Å². The Morgan fingerprint density at radius 2 is 1.77 bits per heavy atom. The Hall–Kier alpha value is -3.40. The molecule has 4 nitrogen and oxygen atoms in total. The quantitative estimate of drug-likeness (QED) is 0.596. The van der Waals surface area contributed by atoms with Gasteiger partial charge in [-0.15, -0.1) is 0 Å². The van der Waals surface area contributed by atoms with Crippen molar-refractivity contribution in [3.05, 3.63) is 90.8 Å². The van der Waals surface area contributed by atoms with E-state index in [1.54, 1.807) is 12.4 Å². The van der Waals surface area contributed by atoms with E-state index in [-0.39, 0.29) is 12.5 Å². The molecule has 0 bridgehead atoms. The lowest BCUT2D eigenvalue weighted by atomic mass is 10.1. The summed E-state index contributed by atoms with van der Waals surface area (Å²) in [4.78, 5) is 16.6. The van der Waals surface area contributed by atoms with Crippen LogP contribution in [0.4, 0.5) is 0 Å². The standard InChI is InChI=1S/C22H19N3O/c26-22(24-15-17-7-6-12-23-14-17)16-25-20-11-5-4-10-19(20)13-21(25)18-8-2-1-3-9-18/h1-14H,15-16H2,(H,24,26). The first-order valence-corrected chi connectivity index (χ1v) is 8.60. The monoisotopic (exact) mass is 341 g/mol. The number of pyridine rings is 1. The fourth-order valence-electron chi connectivity index (χ4n) is 3.13. The molecule has 0 aliphatic rings. The molecule has 4 rings (SSSR count). The van der Waals surface area contributed by atoms with Crippen molar-refractivity contribution in [1.82, 2.24) is 14.9 Å². The van der Waals surface area contributed by atoms with Gasteiger partial charge in [-0.2, -0.15) is 0 Å². The number of amides is 1. The van der Waals surface area contributed by atoms with Crippen LogP contribution in [0, 0.1) is 0 Å². The van der Waals surface area contributed by atoms with Crippen LogP contribution in [0.15, 0.2) is 85.2 Å². The molecule has 0 saturated heterocycles. The molecular weight excluding hydrogens is 322 g/mol. The molecule has 1 amide bonds. The number of aromatic nitrogens is 2.